The second kappa shape index (κ2) is 29.6. The van der Waals surface area contributed by atoms with Crippen LogP contribution in [0.3, 0.4) is 0 Å². The van der Waals surface area contributed by atoms with Crippen LogP contribution in [-0.4, -0.2) is 108 Å². The molecule has 2 saturated carbocycles. The van der Waals surface area contributed by atoms with Gasteiger partial charge in [-0.2, -0.15) is 0 Å². The van der Waals surface area contributed by atoms with Crippen molar-refractivity contribution < 1.29 is 82.5 Å². The van der Waals surface area contributed by atoms with Gasteiger partial charge >= 0.3 is 5.97 Å². The molecule has 2 aliphatic rings. The Balaban J connectivity index is 0.000000424. The minimum absolute atomic E-state index is 0.0121. The summed E-state index contributed by atoms with van der Waals surface area (Å²) in [6.07, 6.45) is 3.77. The van der Waals surface area contributed by atoms with E-state index in [4.69, 9.17) is 10.4 Å². The number of rotatable bonds is 24. The lowest BCUT2D eigenvalue weighted by atomic mass is 9.84. The van der Waals surface area contributed by atoms with Crippen molar-refractivity contribution in [3.05, 3.63) is 70.8 Å². The molecule has 0 aliphatic heterocycles. The first kappa shape index (κ1) is 56.2. The largest absolute Gasteiger partial charge is 0.469 e. The van der Waals surface area contributed by atoms with Gasteiger partial charge in [0, 0.05) is 36.1 Å². The fraction of sp³-hybridized carbons (Fsp3) is 0.644. The third-order valence-electron chi connectivity index (χ3n) is 12.2. The van der Waals surface area contributed by atoms with E-state index >= 15 is 0 Å². The van der Waals surface area contributed by atoms with Crippen LogP contribution in [0, 0.1) is 46.9 Å². The standard InChI is InChI=1S/C23H32F2O6.C22H31F2NO6.H3NO/c1-31-22(29)7-5-3-2-4-6-17-18(21(28)13-20(17)27)8-9-19(26)23(30)14-10-15(24)12-16(25)11-14;23-14-9-13(10-15(24)11-14)22(30)18(26)8-7-17-16(19(27)12-20(17)28)5-3-1-2-4-6-21(29)25-31;1-2/h10-12,17-21,26-28H,2-9,13H2,1H3;9-11,16-20,26-28,31H,1-8,12H2,(H,25,29);2H,1H2/t17-,18-,19?,20+,21-;16-,17-,18?,19+,20-;/m11./s1. The molecule has 0 saturated heterocycles. The van der Waals surface area contributed by atoms with Crippen LogP contribution in [-0.2, 0) is 14.3 Å². The van der Waals surface area contributed by atoms with Crippen LogP contribution in [0.5, 0.6) is 0 Å². The average Bonchev–Trinajstić information content (AvgIpc) is 3.69. The number of benzene rings is 2. The summed E-state index contributed by atoms with van der Waals surface area (Å²) in [5.41, 5.74) is 1.10. The summed E-state index contributed by atoms with van der Waals surface area (Å²) >= 11 is 0. The van der Waals surface area contributed by atoms with Crippen molar-refractivity contribution in [2.24, 2.45) is 29.6 Å². The van der Waals surface area contributed by atoms with E-state index in [1.807, 2.05) is 0 Å². The number of carbonyl (C=O) groups is 4. The van der Waals surface area contributed by atoms with Crippen molar-refractivity contribution in [2.75, 3.05) is 7.11 Å². The zero-order chi connectivity index (χ0) is 47.9. The number of nitrogens with two attached hydrogens (primary N) is 1. The molecule has 1 amide bonds. The van der Waals surface area contributed by atoms with Gasteiger partial charge in [-0.05, 0) is 112 Å². The van der Waals surface area contributed by atoms with Gasteiger partial charge in [0.15, 0.2) is 11.6 Å². The molecule has 11 N–H and O–H groups in total. The quantitative estimate of drug-likeness (QED) is 0.0166. The second-order valence-electron chi connectivity index (χ2n) is 16.6. The summed E-state index contributed by atoms with van der Waals surface area (Å²) in [5, 5.41) is 76.6. The highest BCUT2D eigenvalue weighted by atomic mass is 19.1. The van der Waals surface area contributed by atoms with Gasteiger partial charge < -0.3 is 40.6 Å². The number of aliphatic hydroxyl groups excluding tert-OH is 6. The Morgan fingerprint density at radius 2 is 0.906 bits per heavy atom. The SMILES string of the molecule is COC(=O)CCCCCC[C@@H]1[C@@H](CCC(O)C(=O)c2cc(F)cc(F)c2)[C@H](O)C[C@@H]1O.NO.O=C(CCCCCC[C@@H]1[C@@H](CCC(O)C(=O)c2cc(F)cc(F)c2)[C@H](O)C[C@@H]1O)NO. The van der Waals surface area contributed by atoms with Crippen LogP contribution in [0.2, 0.25) is 0 Å². The molecular formula is C45H66F4N2O13. The first-order valence-electron chi connectivity index (χ1n) is 21.8. The molecule has 362 valence electrons. The number of hydroxylamine groups is 1. The second-order valence-corrected chi connectivity index (χ2v) is 16.6. The van der Waals surface area contributed by atoms with E-state index in [2.05, 4.69) is 10.6 Å². The topological polar surface area (TPSA) is 277 Å². The third-order valence-corrected chi connectivity index (χ3v) is 12.2. The van der Waals surface area contributed by atoms with Crippen LogP contribution in [0.4, 0.5) is 17.6 Å². The molecule has 2 aromatic carbocycles. The molecule has 0 bridgehead atoms. The summed E-state index contributed by atoms with van der Waals surface area (Å²) in [4.78, 5) is 46.7. The maximum Gasteiger partial charge on any atom is 0.305 e. The van der Waals surface area contributed by atoms with E-state index in [-0.39, 0.29) is 72.9 Å². The van der Waals surface area contributed by atoms with E-state index in [0.29, 0.717) is 50.7 Å². The first-order valence-corrected chi connectivity index (χ1v) is 21.8. The van der Waals surface area contributed by atoms with Crippen LogP contribution in [0.15, 0.2) is 36.4 Å². The number of ether oxygens (including phenoxy) is 1. The lowest BCUT2D eigenvalue weighted by molar-refractivity contribution is -0.140. The summed E-state index contributed by atoms with van der Waals surface area (Å²) in [5.74, 6) is -3.18. The Kier molecular flexibility index (Phi) is 26.0. The number of ketones is 2. The normalized spacial score (nSPS) is 23.5. The minimum Gasteiger partial charge on any atom is -0.469 e. The van der Waals surface area contributed by atoms with E-state index in [1.54, 1.807) is 5.48 Å². The highest BCUT2D eigenvalue weighted by molar-refractivity contribution is 5.99. The third kappa shape index (κ3) is 18.9. The Bertz CT molecular complexity index is 1580. The lowest BCUT2D eigenvalue weighted by Crippen LogP contribution is -2.26. The molecule has 64 heavy (non-hydrogen) atoms. The zero-order valence-corrected chi connectivity index (χ0v) is 36.2. The van der Waals surface area contributed by atoms with Gasteiger partial charge in [-0.25, -0.2) is 28.9 Å². The van der Waals surface area contributed by atoms with Gasteiger partial charge in [-0.15, -0.1) is 0 Å². The Morgan fingerprint density at radius 3 is 1.25 bits per heavy atom. The van der Waals surface area contributed by atoms with Crippen molar-refractivity contribution in [1.29, 1.82) is 0 Å². The molecular weight excluding hydrogens is 852 g/mol. The van der Waals surface area contributed by atoms with E-state index < -0.39 is 77.4 Å². The molecule has 2 fully saturated rings. The zero-order valence-electron chi connectivity index (χ0n) is 36.2. The highest BCUT2D eigenvalue weighted by Crippen LogP contribution is 2.40. The molecule has 19 heteroatoms. The van der Waals surface area contributed by atoms with Gasteiger partial charge in [-0.1, -0.05) is 38.5 Å². The molecule has 10 atom stereocenters. The maximum absolute atomic E-state index is 13.3. The Hall–Kier alpha value is -3.92. The monoisotopic (exact) mass is 918 g/mol. The van der Waals surface area contributed by atoms with Crippen molar-refractivity contribution in [2.45, 2.75) is 152 Å². The number of aliphatic hydroxyl groups is 6. The molecule has 15 nitrogen and oxygen atoms in total. The number of methoxy groups -OCH3 is 1. The first-order chi connectivity index (χ1) is 30.4. The molecule has 0 radical (unpaired) electrons. The predicted molar refractivity (Wildman–Crippen MR) is 222 cm³/mol. The summed E-state index contributed by atoms with van der Waals surface area (Å²) in [6.45, 7) is 0. The fourth-order valence-electron chi connectivity index (χ4n) is 8.88. The Labute approximate surface area is 370 Å². The van der Waals surface area contributed by atoms with Crippen LogP contribution in [0.1, 0.15) is 136 Å². The number of hydrogen-bond acceptors (Lipinski definition) is 14. The molecule has 0 spiro atoms. The fourth-order valence-corrected chi connectivity index (χ4v) is 8.88. The number of hydrogen-bond donors (Lipinski definition) is 10. The number of nitrogens with one attached hydrogen (secondary N) is 1. The average molecular weight is 919 g/mol. The molecule has 4 rings (SSSR count). The molecule has 2 aromatic rings. The van der Waals surface area contributed by atoms with Crippen molar-refractivity contribution in [3.8, 4) is 0 Å². The smallest absolute Gasteiger partial charge is 0.305 e. The van der Waals surface area contributed by atoms with E-state index in [1.165, 1.54) is 7.11 Å². The maximum atomic E-state index is 13.3. The summed E-state index contributed by atoms with van der Waals surface area (Å²) in [7, 11) is 1.36. The number of unbranched alkanes of at least 4 members (excludes halogenated alkanes) is 6. The summed E-state index contributed by atoms with van der Waals surface area (Å²) < 4.78 is 57.9. The number of amides is 1. The number of Topliss-reactive ketones (excluding diaryl/α,β-unsaturated/α-hetero) is 2. The minimum atomic E-state index is -1.45. The van der Waals surface area contributed by atoms with Gasteiger partial charge in [0.25, 0.3) is 0 Å². The van der Waals surface area contributed by atoms with E-state index in [9.17, 15) is 67.4 Å². The Morgan fingerprint density at radius 1 is 0.578 bits per heavy atom. The van der Waals surface area contributed by atoms with Crippen LogP contribution in [0.25, 0.3) is 0 Å². The van der Waals surface area contributed by atoms with Gasteiger partial charge in [0.2, 0.25) is 5.91 Å². The van der Waals surface area contributed by atoms with Crippen LogP contribution < -0.4 is 11.4 Å². The molecule has 0 heterocycles. The predicted octanol–water partition coefficient (Wildman–Crippen LogP) is 4.99. The van der Waals surface area contributed by atoms with Crippen LogP contribution >= 0.6 is 0 Å². The molecule has 2 aliphatic carbocycles. The lowest BCUT2D eigenvalue weighted by Gasteiger charge is -2.24. The van der Waals surface area contributed by atoms with Crippen molar-refractivity contribution in [1.82, 2.24) is 5.48 Å². The molecule has 2 unspecified atom stereocenters. The summed E-state index contributed by atoms with van der Waals surface area (Å²) in [6, 6.07) is 4.80. The van der Waals surface area contributed by atoms with Crippen molar-refractivity contribution in [3.63, 3.8) is 0 Å². The molecule has 0 aromatic heterocycles. The number of carbonyl (C=O) groups excluding carboxylic acids is 4. The number of esters is 1. The van der Waals surface area contributed by atoms with Gasteiger partial charge in [0.05, 0.1) is 31.5 Å². The van der Waals surface area contributed by atoms with Gasteiger partial charge in [-0.3, -0.25) is 24.4 Å². The number of halogens is 4. The highest BCUT2D eigenvalue weighted by Gasteiger charge is 2.42. The van der Waals surface area contributed by atoms with Crippen molar-refractivity contribution >= 4 is 23.4 Å². The van der Waals surface area contributed by atoms with Gasteiger partial charge in [0.1, 0.15) is 35.5 Å². The van der Waals surface area contributed by atoms with E-state index in [0.717, 1.165) is 69.2 Å².